The smallest absolute Gasteiger partial charge is 0.219 e. The highest BCUT2D eigenvalue weighted by Crippen LogP contribution is 2.39. The average Bonchev–Trinajstić information content (AvgIpc) is 2.71. The highest BCUT2D eigenvalue weighted by Gasteiger charge is 2.42. The molecule has 5 heteroatoms. The monoisotopic (exact) mass is 330 g/mol. The minimum atomic E-state index is -0.341. The second-order valence-corrected chi connectivity index (χ2v) is 7.13. The number of hydrogen-bond donors (Lipinski definition) is 0. The summed E-state index contributed by atoms with van der Waals surface area (Å²) in [4.78, 5) is 27.4. The molecule has 0 radical (unpaired) electrons. The van der Waals surface area contributed by atoms with E-state index in [-0.39, 0.29) is 23.5 Å². The molecule has 1 saturated carbocycles. The number of amides is 2. The van der Waals surface area contributed by atoms with Crippen molar-refractivity contribution in [2.24, 2.45) is 0 Å². The fourth-order valence-electron chi connectivity index (χ4n) is 3.86. The number of para-hydroxylation sites is 1. The van der Waals surface area contributed by atoms with Gasteiger partial charge >= 0.3 is 0 Å². The predicted octanol–water partition coefficient (Wildman–Crippen LogP) is 2.59. The molecule has 0 unspecified atom stereocenters. The van der Waals surface area contributed by atoms with Gasteiger partial charge in [0.25, 0.3) is 0 Å². The Labute approximate surface area is 143 Å². The van der Waals surface area contributed by atoms with Crippen LogP contribution in [-0.2, 0) is 16.1 Å². The minimum Gasteiger partial charge on any atom is -0.485 e. The van der Waals surface area contributed by atoms with Crippen LogP contribution in [0.25, 0.3) is 0 Å². The van der Waals surface area contributed by atoms with E-state index < -0.39 is 0 Å². The molecule has 24 heavy (non-hydrogen) atoms. The van der Waals surface area contributed by atoms with Crippen LogP contribution in [0.1, 0.15) is 45.1 Å². The third-order valence-corrected chi connectivity index (χ3v) is 5.50. The summed E-state index contributed by atoms with van der Waals surface area (Å²) >= 11 is 0. The largest absolute Gasteiger partial charge is 0.485 e. The molecule has 0 N–H and O–H groups in total. The van der Waals surface area contributed by atoms with Crippen LogP contribution in [0.2, 0.25) is 0 Å². The second-order valence-electron chi connectivity index (χ2n) is 7.13. The van der Waals surface area contributed by atoms with Gasteiger partial charge in [0, 0.05) is 39.0 Å². The van der Waals surface area contributed by atoms with Gasteiger partial charge in [-0.05, 0) is 31.7 Å². The van der Waals surface area contributed by atoms with Gasteiger partial charge in [-0.3, -0.25) is 9.59 Å². The maximum atomic E-state index is 12.1. The third-order valence-electron chi connectivity index (χ3n) is 5.50. The van der Waals surface area contributed by atoms with Crippen LogP contribution in [0.5, 0.6) is 5.75 Å². The molecule has 0 saturated heterocycles. The molecule has 1 aromatic carbocycles. The van der Waals surface area contributed by atoms with E-state index in [0.717, 1.165) is 37.0 Å². The van der Waals surface area contributed by atoms with Crippen molar-refractivity contribution in [2.75, 3.05) is 13.6 Å². The molecule has 0 aromatic heterocycles. The molecule has 0 bridgehead atoms. The van der Waals surface area contributed by atoms with Crippen molar-refractivity contribution in [3.8, 4) is 5.75 Å². The van der Waals surface area contributed by atoms with Gasteiger partial charge in [0.2, 0.25) is 11.8 Å². The lowest BCUT2D eigenvalue weighted by atomic mass is 9.81. The Hall–Kier alpha value is -2.04. The van der Waals surface area contributed by atoms with Crippen LogP contribution in [0.3, 0.4) is 0 Å². The van der Waals surface area contributed by atoms with E-state index in [9.17, 15) is 9.59 Å². The molecule has 1 spiro atoms. The fraction of sp³-hybridized carbons (Fsp3) is 0.579. The van der Waals surface area contributed by atoms with E-state index in [4.69, 9.17) is 4.74 Å². The minimum absolute atomic E-state index is 0.0812. The SMILES string of the molecule is CC(=O)N1Cc2ccccc2OC2(CCC(N(C)C(C)=O)CC2)C1. The maximum Gasteiger partial charge on any atom is 0.219 e. The molecular weight excluding hydrogens is 304 g/mol. The number of hydrogen-bond acceptors (Lipinski definition) is 3. The Morgan fingerprint density at radius 3 is 2.50 bits per heavy atom. The zero-order chi connectivity index (χ0) is 17.3. The van der Waals surface area contributed by atoms with Crippen LogP contribution in [0.15, 0.2) is 24.3 Å². The van der Waals surface area contributed by atoms with E-state index >= 15 is 0 Å². The van der Waals surface area contributed by atoms with Crippen molar-refractivity contribution in [1.29, 1.82) is 0 Å². The van der Waals surface area contributed by atoms with Gasteiger partial charge in [-0.15, -0.1) is 0 Å². The van der Waals surface area contributed by atoms with Gasteiger partial charge in [-0.1, -0.05) is 18.2 Å². The summed E-state index contributed by atoms with van der Waals surface area (Å²) in [6, 6.07) is 8.25. The summed E-state index contributed by atoms with van der Waals surface area (Å²) in [5.74, 6) is 1.07. The number of carbonyl (C=O) groups excluding carboxylic acids is 2. The van der Waals surface area contributed by atoms with Crippen LogP contribution in [0.4, 0.5) is 0 Å². The second kappa shape index (κ2) is 6.46. The summed E-state index contributed by atoms with van der Waals surface area (Å²) in [6.45, 7) is 4.45. The highest BCUT2D eigenvalue weighted by molar-refractivity contribution is 5.74. The Morgan fingerprint density at radius 2 is 1.88 bits per heavy atom. The van der Waals surface area contributed by atoms with Crippen molar-refractivity contribution in [1.82, 2.24) is 9.80 Å². The summed E-state index contributed by atoms with van der Waals surface area (Å²) in [7, 11) is 1.87. The topological polar surface area (TPSA) is 49.9 Å². The van der Waals surface area contributed by atoms with Gasteiger partial charge in [0.1, 0.15) is 11.4 Å². The van der Waals surface area contributed by atoms with Gasteiger partial charge in [0.15, 0.2) is 0 Å². The average molecular weight is 330 g/mol. The molecule has 1 aliphatic heterocycles. The maximum absolute atomic E-state index is 12.1. The first-order valence-corrected chi connectivity index (χ1v) is 8.66. The molecule has 3 rings (SSSR count). The predicted molar refractivity (Wildman–Crippen MR) is 91.6 cm³/mol. The first-order valence-electron chi connectivity index (χ1n) is 8.66. The van der Waals surface area contributed by atoms with Gasteiger partial charge in [-0.25, -0.2) is 0 Å². The van der Waals surface area contributed by atoms with Gasteiger partial charge in [-0.2, -0.15) is 0 Å². The van der Waals surface area contributed by atoms with E-state index in [1.807, 2.05) is 41.1 Å². The first kappa shape index (κ1) is 16.8. The van der Waals surface area contributed by atoms with Crippen molar-refractivity contribution in [2.45, 2.75) is 57.7 Å². The van der Waals surface area contributed by atoms with E-state index in [0.29, 0.717) is 13.1 Å². The Morgan fingerprint density at radius 1 is 1.21 bits per heavy atom. The number of nitrogens with zero attached hydrogens (tertiary/aromatic N) is 2. The number of benzene rings is 1. The first-order chi connectivity index (χ1) is 11.4. The summed E-state index contributed by atoms with van der Waals surface area (Å²) in [5, 5.41) is 0. The van der Waals surface area contributed by atoms with E-state index in [1.165, 1.54) is 0 Å². The standard InChI is InChI=1S/C19H26N2O3/c1-14(22)20(3)17-8-10-19(11-9-17)13-21(15(2)23)12-16-6-4-5-7-18(16)24-19/h4-7,17H,8-13H2,1-3H3. The highest BCUT2D eigenvalue weighted by atomic mass is 16.5. The summed E-state index contributed by atoms with van der Waals surface area (Å²) in [6.07, 6.45) is 3.52. The van der Waals surface area contributed by atoms with Crippen LogP contribution in [-0.4, -0.2) is 46.8 Å². The van der Waals surface area contributed by atoms with E-state index in [1.54, 1.807) is 13.8 Å². The molecule has 1 fully saturated rings. The number of ether oxygens (including phenoxy) is 1. The summed E-state index contributed by atoms with van der Waals surface area (Å²) < 4.78 is 6.46. The number of carbonyl (C=O) groups is 2. The lowest BCUT2D eigenvalue weighted by Crippen LogP contribution is -2.52. The Kier molecular flexibility index (Phi) is 4.52. The molecule has 0 atom stereocenters. The molecule has 5 nitrogen and oxygen atoms in total. The lowest BCUT2D eigenvalue weighted by molar-refractivity contribution is -0.133. The molecular formula is C19H26N2O3. The molecule has 1 aromatic rings. The van der Waals surface area contributed by atoms with Crippen LogP contribution < -0.4 is 4.74 Å². The molecule has 1 aliphatic carbocycles. The lowest BCUT2D eigenvalue weighted by Gasteiger charge is -2.43. The summed E-state index contributed by atoms with van der Waals surface area (Å²) in [5.41, 5.74) is 0.722. The van der Waals surface area contributed by atoms with Gasteiger partial charge in [0.05, 0.1) is 6.54 Å². The van der Waals surface area contributed by atoms with Crippen molar-refractivity contribution in [3.05, 3.63) is 29.8 Å². The van der Waals surface area contributed by atoms with Crippen molar-refractivity contribution < 1.29 is 14.3 Å². The molecule has 1 heterocycles. The van der Waals surface area contributed by atoms with Crippen LogP contribution >= 0.6 is 0 Å². The van der Waals surface area contributed by atoms with Crippen molar-refractivity contribution >= 4 is 11.8 Å². The van der Waals surface area contributed by atoms with Crippen LogP contribution in [0, 0.1) is 0 Å². The molecule has 2 aliphatic rings. The molecule has 2 amide bonds. The Bertz CT molecular complexity index is 635. The zero-order valence-corrected chi connectivity index (χ0v) is 14.7. The quantitative estimate of drug-likeness (QED) is 0.795. The normalized spacial score (nSPS) is 26.3. The number of rotatable bonds is 1. The number of fused-ring (bicyclic) bond motifs is 1. The zero-order valence-electron chi connectivity index (χ0n) is 14.7. The Balaban J connectivity index is 1.82. The third kappa shape index (κ3) is 3.25. The van der Waals surface area contributed by atoms with Gasteiger partial charge < -0.3 is 14.5 Å². The van der Waals surface area contributed by atoms with Crippen molar-refractivity contribution in [3.63, 3.8) is 0 Å². The molecule has 130 valence electrons. The van der Waals surface area contributed by atoms with E-state index in [2.05, 4.69) is 0 Å². The fourth-order valence-corrected chi connectivity index (χ4v) is 3.86.